The van der Waals surface area contributed by atoms with Crippen molar-refractivity contribution in [1.82, 2.24) is 24.9 Å². The van der Waals surface area contributed by atoms with Crippen LogP contribution in [-0.4, -0.2) is 51.1 Å². The molecule has 0 aliphatic carbocycles. The van der Waals surface area contributed by atoms with E-state index in [0.717, 1.165) is 56.9 Å². The van der Waals surface area contributed by atoms with E-state index in [2.05, 4.69) is 26.9 Å². The fourth-order valence-electron chi connectivity index (χ4n) is 4.54. The van der Waals surface area contributed by atoms with Gasteiger partial charge in [0, 0.05) is 37.8 Å². The van der Waals surface area contributed by atoms with Gasteiger partial charge in [0.1, 0.15) is 0 Å². The highest BCUT2D eigenvalue weighted by molar-refractivity contribution is 5.26. The fraction of sp³-hybridized carbons (Fsp3) is 0.684. The van der Waals surface area contributed by atoms with E-state index in [1.54, 1.807) is 0 Å². The standard InChI is InChI=1S/C19H29N5O/c1-3-4-8-24-9-5-17-18(21-14-20-17)19(24)6-10-23(11-7-19)13-16-12-15(2)22-25-16/h12,14H,3-11,13H2,1-2H3,(H,20,21). The van der Waals surface area contributed by atoms with E-state index < -0.39 is 0 Å². The van der Waals surface area contributed by atoms with Gasteiger partial charge in [-0.2, -0.15) is 0 Å². The number of rotatable bonds is 5. The highest BCUT2D eigenvalue weighted by atomic mass is 16.5. The molecule has 2 aromatic rings. The van der Waals surface area contributed by atoms with Gasteiger partial charge in [0.25, 0.3) is 0 Å². The maximum absolute atomic E-state index is 5.40. The van der Waals surface area contributed by atoms with Gasteiger partial charge in [-0.05, 0) is 32.7 Å². The number of likely N-dealkylation sites (tertiary alicyclic amines) is 1. The van der Waals surface area contributed by atoms with Crippen LogP contribution in [0.3, 0.4) is 0 Å². The summed E-state index contributed by atoms with van der Waals surface area (Å²) in [5, 5.41) is 4.01. The first-order valence-electron chi connectivity index (χ1n) is 9.63. The zero-order chi connectivity index (χ0) is 17.3. The summed E-state index contributed by atoms with van der Waals surface area (Å²) in [4.78, 5) is 13.4. The summed E-state index contributed by atoms with van der Waals surface area (Å²) in [6, 6.07) is 2.05. The predicted octanol–water partition coefficient (Wildman–Crippen LogP) is 2.86. The molecule has 6 heteroatoms. The highest BCUT2D eigenvalue weighted by Gasteiger charge is 2.46. The average Bonchev–Trinajstić information content (AvgIpc) is 3.26. The Kier molecular flexibility index (Phi) is 4.65. The van der Waals surface area contributed by atoms with Crippen LogP contribution in [0.4, 0.5) is 0 Å². The van der Waals surface area contributed by atoms with Gasteiger partial charge >= 0.3 is 0 Å². The zero-order valence-corrected chi connectivity index (χ0v) is 15.4. The van der Waals surface area contributed by atoms with Crippen LogP contribution in [0, 0.1) is 6.92 Å². The summed E-state index contributed by atoms with van der Waals surface area (Å²) >= 11 is 0. The summed E-state index contributed by atoms with van der Waals surface area (Å²) in [6.07, 6.45) is 7.78. The second-order valence-corrected chi connectivity index (χ2v) is 7.56. The Morgan fingerprint density at radius 1 is 1.28 bits per heavy atom. The Morgan fingerprint density at radius 3 is 2.84 bits per heavy atom. The molecule has 0 aromatic carbocycles. The number of hydrogen-bond donors (Lipinski definition) is 1. The molecule has 1 saturated heterocycles. The van der Waals surface area contributed by atoms with Crippen LogP contribution in [0.2, 0.25) is 0 Å². The van der Waals surface area contributed by atoms with Crippen molar-refractivity contribution in [2.75, 3.05) is 26.2 Å². The predicted molar refractivity (Wildman–Crippen MR) is 96.2 cm³/mol. The molecule has 4 rings (SSSR count). The number of fused-ring (bicyclic) bond motifs is 2. The van der Waals surface area contributed by atoms with E-state index in [-0.39, 0.29) is 5.54 Å². The van der Waals surface area contributed by atoms with E-state index in [1.807, 2.05) is 19.3 Å². The number of nitrogens with zero attached hydrogens (tertiary/aromatic N) is 4. The third-order valence-electron chi connectivity index (χ3n) is 5.92. The Labute approximate surface area is 149 Å². The number of piperidine rings is 1. The number of hydrogen-bond acceptors (Lipinski definition) is 5. The molecule has 0 radical (unpaired) electrons. The van der Waals surface area contributed by atoms with Crippen LogP contribution in [0.1, 0.15) is 55.4 Å². The van der Waals surface area contributed by atoms with Gasteiger partial charge in [-0.15, -0.1) is 0 Å². The largest absolute Gasteiger partial charge is 0.360 e. The summed E-state index contributed by atoms with van der Waals surface area (Å²) < 4.78 is 5.40. The lowest BCUT2D eigenvalue weighted by Crippen LogP contribution is -2.56. The second-order valence-electron chi connectivity index (χ2n) is 7.56. The molecule has 2 aromatic heterocycles. The van der Waals surface area contributed by atoms with Crippen molar-refractivity contribution in [3.05, 3.63) is 35.2 Å². The van der Waals surface area contributed by atoms with Crippen LogP contribution >= 0.6 is 0 Å². The molecule has 2 aliphatic rings. The summed E-state index contributed by atoms with van der Waals surface area (Å²) in [5.41, 5.74) is 3.75. The van der Waals surface area contributed by atoms with E-state index in [1.165, 1.54) is 30.8 Å². The molecule has 25 heavy (non-hydrogen) atoms. The third kappa shape index (κ3) is 3.13. The summed E-state index contributed by atoms with van der Waals surface area (Å²) in [6.45, 7) is 9.60. The minimum Gasteiger partial charge on any atom is -0.360 e. The smallest absolute Gasteiger partial charge is 0.150 e. The maximum atomic E-state index is 5.40. The lowest BCUT2D eigenvalue weighted by atomic mass is 9.78. The number of unbranched alkanes of at least 4 members (excludes halogenated alkanes) is 1. The normalized spacial score (nSPS) is 20.9. The molecule has 0 unspecified atom stereocenters. The third-order valence-corrected chi connectivity index (χ3v) is 5.92. The summed E-state index contributed by atoms with van der Waals surface area (Å²) in [5.74, 6) is 0.973. The number of aromatic nitrogens is 3. The van der Waals surface area contributed by atoms with E-state index in [0.29, 0.717) is 0 Å². The molecule has 0 bridgehead atoms. The van der Waals surface area contributed by atoms with Crippen LogP contribution in [-0.2, 0) is 18.5 Å². The first kappa shape index (κ1) is 16.8. The van der Waals surface area contributed by atoms with Gasteiger partial charge in [0.15, 0.2) is 5.76 Å². The van der Waals surface area contributed by atoms with E-state index in [9.17, 15) is 0 Å². The molecule has 1 spiro atoms. The molecular formula is C19H29N5O. The van der Waals surface area contributed by atoms with Crippen molar-refractivity contribution < 1.29 is 4.52 Å². The van der Waals surface area contributed by atoms with Gasteiger partial charge in [0.2, 0.25) is 0 Å². The molecule has 2 aliphatic heterocycles. The Bertz CT molecular complexity index is 698. The number of nitrogens with one attached hydrogen (secondary N) is 1. The Morgan fingerprint density at radius 2 is 2.12 bits per heavy atom. The first-order valence-corrected chi connectivity index (χ1v) is 9.63. The van der Waals surface area contributed by atoms with E-state index in [4.69, 9.17) is 9.51 Å². The van der Waals surface area contributed by atoms with Crippen molar-refractivity contribution in [2.45, 2.75) is 58.0 Å². The SMILES string of the molecule is CCCCN1CCc2[nH]cnc2C12CCN(Cc1cc(C)no1)CC2. The molecular weight excluding hydrogens is 314 g/mol. The minimum absolute atomic E-state index is 0.122. The van der Waals surface area contributed by atoms with Gasteiger partial charge in [-0.1, -0.05) is 18.5 Å². The van der Waals surface area contributed by atoms with Gasteiger partial charge in [0.05, 0.1) is 29.8 Å². The quantitative estimate of drug-likeness (QED) is 0.904. The molecule has 0 amide bonds. The fourth-order valence-corrected chi connectivity index (χ4v) is 4.54. The van der Waals surface area contributed by atoms with Crippen LogP contribution in [0.15, 0.2) is 16.9 Å². The van der Waals surface area contributed by atoms with Crippen LogP contribution < -0.4 is 0 Å². The number of imidazole rings is 1. The van der Waals surface area contributed by atoms with Crippen LogP contribution in [0.25, 0.3) is 0 Å². The van der Waals surface area contributed by atoms with Gasteiger partial charge < -0.3 is 9.51 Å². The number of aromatic amines is 1. The van der Waals surface area contributed by atoms with Crippen molar-refractivity contribution in [1.29, 1.82) is 0 Å². The molecule has 136 valence electrons. The maximum Gasteiger partial charge on any atom is 0.150 e. The van der Waals surface area contributed by atoms with E-state index >= 15 is 0 Å². The zero-order valence-electron chi connectivity index (χ0n) is 15.4. The topological polar surface area (TPSA) is 61.2 Å². The molecule has 0 saturated carbocycles. The van der Waals surface area contributed by atoms with Crippen molar-refractivity contribution in [3.8, 4) is 0 Å². The molecule has 4 heterocycles. The molecule has 6 nitrogen and oxygen atoms in total. The first-order chi connectivity index (χ1) is 12.2. The molecule has 0 atom stereocenters. The lowest BCUT2D eigenvalue weighted by Gasteiger charge is -2.50. The summed E-state index contributed by atoms with van der Waals surface area (Å²) in [7, 11) is 0. The van der Waals surface area contributed by atoms with Crippen LogP contribution in [0.5, 0.6) is 0 Å². The van der Waals surface area contributed by atoms with Crippen molar-refractivity contribution >= 4 is 0 Å². The molecule has 1 N–H and O–H groups in total. The van der Waals surface area contributed by atoms with Gasteiger partial charge in [-0.25, -0.2) is 4.98 Å². The number of H-pyrrole nitrogens is 1. The Balaban J connectivity index is 1.50. The minimum atomic E-state index is 0.122. The van der Waals surface area contributed by atoms with Crippen molar-refractivity contribution in [3.63, 3.8) is 0 Å². The Hall–Kier alpha value is -1.66. The van der Waals surface area contributed by atoms with Crippen molar-refractivity contribution in [2.24, 2.45) is 0 Å². The molecule has 1 fully saturated rings. The monoisotopic (exact) mass is 343 g/mol. The second kappa shape index (κ2) is 6.92. The number of aryl methyl sites for hydroxylation is 1. The lowest BCUT2D eigenvalue weighted by molar-refractivity contribution is 0.000850. The van der Waals surface area contributed by atoms with Gasteiger partial charge in [-0.3, -0.25) is 9.80 Å². The average molecular weight is 343 g/mol. The highest BCUT2D eigenvalue weighted by Crippen LogP contribution is 2.42.